The number of benzene rings is 1. The predicted octanol–water partition coefficient (Wildman–Crippen LogP) is -0.150. The fourth-order valence-corrected chi connectivity index (χ4v) is 5.71. The minimum absolute atomic E-state index is 0. The van der Waals surface area contributed by atoms with Crippen LogP contribution in [0.5, 0.6) is 0 Å². The first kappa shape index (κ1) is 20.2. The lowest BCUT2D eigenvalue weighted by Crippen LogP contribution is -3.12. The standard InChI is InChI=1S/C21H30N3S.HI/c1-24(2)13-6-5-9-20(24)10-12-23(21-22-11-14-25-21)19-15-17-7-3-4-8-18(17)16-19;/h3-4,7-8,11,14,19-20H,5-6,9-10,12-13,15-16H2,1-2H3;1H/q+1;. The molecule has 142 valence electrons. The number of rotatable bonds is 5. The maximum atomic E-state index is 4.70. The second-order valence-electron chi connectivity index (χ2n) is 8.43. The summed E-state index contributed by atoms with van der Waals surface area (Å²) in [5, 5.41) is 3.43. The molecule has 2 aliphatic rings. The van der Waals surface area contributed by atoms with Gasteiger partial charge in [0.05, 0.1) is 33.2 Å². The van der Waals surface area contributed by atoms with Gasteiger partial charge in [-0.05, 0) is 30.4 Å². The van der Waals surface area contributed by atoms with Crippen molar-refractivity contribution in [2.24, 2.45) is 0 Å². The van der Waals surface area contributed by atoms with Crippen molar-refractivity contribution in [3.63, 3.8) is 0 Å². The lowest BCUT2D eigenvalue weighted by atomic mass is 9.97. The summed E-state index contributed by atoms with van der Waals surface area (Å²) in [7, 11) is 4.86. The predicted molar refractivity (Wildman–Crippen MR) is 104 cm³/mol. The second kappa shape index (κ2) is 8.67. The van der Waals surface area contributed by atoms with Crippen molar-refractivity contribution >= 4 is 16.5 Å². The number of nitrogens with zero attached hydrogens (tertiary/aromatic N) is 2. The zero-order valence-electron chi connectivity index (χ0n) is 16.0. The van der Waals surface area contributed by atoms with E-state index in [0.29, 0.717) is 6.04 Å². The summed E-state index contributed by atoms with van der Waals surface area (Å²) in [6.07, 6.45) is 9.89. The molecule has 0 spiro atoms. The van der Waals surface area contributed by atoms with Gasteiger partial charge in [0.1, 0.15) is 6.04 Å². The molecular formula is C21H31IN3S+. The monoisotopic (exact) mass is 484 g/mol. The molecule has 0 saturated carbocycles. The Hall–Kier alpha value is -0.500. The summed E-state index contributed by atoms with van der Waals surface area (Å²) >= 11 is 1.83. The Morgan fingerprint density at radius 1 is 1.15 bits per heavy atom. The van der Waals surface area contributed by atoms with Gasteiger partial charge in [0.2, 0.25) is 0 Å². The number of fused-ring (bicyclic) bond motifs is 1. The van der Waals surface area contributed by atoms with Gasteiger partial charge in [0.15, 0.2) is 0 Å². The van der Waals surface area contributed by atoms with Crippen molar-refractivity contribution in [1.29, 1.82) is 0 Å². The number of thiazole rings is 1. The third-order valence-electron chi connectivity index (χ3n) is 6.51. The largest absolute Gasteiger partial charge is 1.00 e. The average molecular weight is 484 g/mol. The number of piperidine rings is 1. The van der Waals surface area contributed by atoms with Crippen LogP contribution in [0.3, 0.4) is 0 Å². The quantitative estimate of drug-likeness (QED) is 0.462. The molecule has 2 atom stereocenters. The number of halogens is 1. The Labute approximate surface area is 179 Å². The van der Waals surface area contributed by atoms with Crippen molar-refractivity contribution in [3.8, 4) is 0 Å². The van der Waals surface area contributed by atoms with E-state index in [1.165, 1.54) is 61.2 Å². The van der Waals surface area contributed by atoms with Crippen molar-refractivity contribution < 1.29 is 33.4 Å². The molecular weight excluding hydrogens is 453 g/mol. The smallest absolute Gasteiger partial charge is 0.284 e. The number of aromatic nitrogens is 1. The van der Waals surface area contributed by atoms with Crippen molar-refractivity contribution in [1.82, 2.24) is 4.98 Å². The van der Waals surface area contributed by atoms with Crippen molar-refractivity contribution in [2.75, 3.05) is 27.2 Å². The molecule has 1 fully saturated rings. The number of hydrogen-bond donors (Lipinski definition) is 1. The summed E-state index contributed by atoms with van der Waals surface area (Å²) in [5.41, 5.74) is 3.10. The van der Waals surface area contributed by atoms with Crippen LogP contribution >= 0.6 is 11.3 Å². The van der Waals surface area contributed by atoms with Crippen LogP contribution in [-0.4, -0.2) is 48.7 Å². The van der Waals surface area contributed by atoms with Crippen molar-refractivity contribution in [2.45, 2.75) is 50.6 Å². The molecule has 1 aliphatic heterocycles. The first-order chi connectivity index (χ1) is 12.1. The van der Waals surface area contributed by atoms with Crippen LogP contribution in [0.1, 0.15) is 36.8 Å². The van der Waals surface area contributed by atoms with E-state index >= 15 is 0 Å². The highest BCUT2D eigenvalue weighted by molar-refractivity contribution is 7.12. The van der Waals surface area contributed by atoms with Gasteiger partial charge in [0.25, 0.3) is 5.13 Å². The molecule has 1 aliphatic carbocycles. The van der Waals surface area contributed by atoms with Gasteiger partial charge in [-0.1, -0.05) is 35.6 Å². The second-order valence-corrected chi connectivity index (χ2v) is 9.32. The van der Waals surface area contributed by atoms with E-state index in [-0.39, 0.29) is 24.0 Å². The van der Waals surface area contributed by atoms with Gasteiger partial charge in [-0.15, -0.1) is 0 Å². The Morgan fingerprint density at radius 2 is 1.88 bits per heavy atom. The number of nitrogens with one attached hydrogen (secondary N) is 1. The van der Waals surface area contributed by atoms with Crippen molar-refractivity contribution in [3.05, 3.63) is 47.0 Å². The summed E-state index contributed by atoms with van der Waals surface area (Å²) in [5.74, 6) is 0. The van der Waals surface area contributed by atoms with Crippen LogP contribution in [0, 0.1) is 0 Å². The average Bonchev–Trinajstić information content (AvgIpc) is 3.25. The first-order valence-electron chi connectivity index (χ1n) is 9.78. The molecule has 1 aromatic heterocycles. The molecule has 2 heterocycles. The minimum Gasteiger partial charge on any atom is -1.00 e. The number of hydrogen-bond acceptors (Lipinski definition) is 2. The van der Waals surface area contributed by atoms with E-state index in [0.717, 1.165) is 6.04 Å². The van der Waals surface area contributed by atoms with E-state index in [4.69, 9.17) is 4.98 Å². The van der Waals surface area contributed by atoms with Gasteiger partial charge >= 0.3 is 0 Å². The molecule has 1 saturated heterocycles. The molecule has 3 nitrogen and oxygen atoms in total. The third-order valence-corrected chi connectivity index (χ3v) is 7.36. The molecule has 26 heavy (non-hydrogen) atoms. The van der Waals surface area contributed by atoms with Gasteiger partial charge in [-0.2, -0.15) is 4.98 Å². The molecule has 1 N–H and O–H groups in total. The molecule has 0 amide bonds. The fraction of sp³-hybridized carbons (Fsp3) is 0.571. The summed E-state index contributed by atoms with van der Waals surface area (Å²) in [6.45, 7) is 2.56. The summed E-state index contributed by atoms with van der Waals surface area (Å²) < 4.78 is 1.20. The van der Waals surface area contributed by atoms with Crippen LogP contribution in [0.25, 0.3) is 0 Å². The lowest BCUT2D eigenvalue weighted by molar-refractivity contribution is -0.926. The zero-order valence-corrected chi connectivity index (χ0v) is 18.9. The normalized spacial score (nSPS) is 23.2. The molecule has 2 aromatic rings. The van der Waals surface area contributed by atoms with Gasteiger partial charge in [-0.25, -0.2) is 0 Å². The van der Waals surface area contributed by atoms with Crippen LogP contribution in [-0.2, 0) is 12.8 Å². The Morgan fingerprint density at radius 3 is 2.50 bits per heavy atom. The minimum atomic E-state index is 0. The summed E-state index contributed by atoms with van der Waals surface area (Å²) in [6, 6.07) is 10.5. The van der Waals surface area contributed by atoms with E-state index < -0.39 is 0 Å². The number of quaternary nitrogens is 2. The first-order valence-corrected chi connectivity index (χ1v) is 10.7. The van der Waals surface area contributed by atoms with Crippen LogP contribution < -0.4 is 28.9 Å². The Kier molecular flexibility index (Phi) is 6.75. The van der Waals surface area contributed by atoms with E-state index in [1.54, 1.807) is 16.0 Å². The Bertz CT molecular complexity index is 676. The molecule has 0 radical (unpaired) electrons. The molecule has 4 rings (SSSR count). The van der Waals surface area contributed by atoms with E-state index in [1.807, 2.05) is 17.5 Å². The fourth-order valence-electron chi connectivity index (χ4n) is 4.92. The highest BCUT2D eigenvalue weighted by atomic mass is 127. The highest BCUT2D eigenvalue weighted by Gasteiger charge is 2.36. The lowest BCUT2D eigenvalue weighted by Gasteiger charge is -2.42. The van der Waals surface area contributed by atoms with E-state index in [9.17, 15) is 0 Å². The van der Waals surface area contributed by atoms with Gasteiger partial charge in [0, 0.05) is 30.8 Å². The molecule has 2 unspecified atom stereocenters. The molecule has 5 heteroatoms. The zero-order chi connectivity index (χ0) is 17.3. The van der Waals surface area contributed by atoms with Gasteiger partial charge in [-0.3, -0.25) is 4.90 Å². The van der Waals surface area contributed by atoms with Crippen LogP contribution in [0.15, 0.2) is 35.8 Å². The Balaban J connectivity index is 0.00000196. The maximum Gasteiger partial charge on any atom is 0.284 e. The number of likely N-dealkylation sites (tertiary alicyclic amines) is 1. The molecule has 0 bridgehead atoms. The van der Waals surface area contributed by atoms with Crippen LogP contribution in [0.2, 0.25) is 0 Å². The SMILES string of the molecule is C[N+]1(C)CCCCC1CC[NH+](c1nccs1)C1Cc2ccccc2C1.[I-]. The maximum absolute atomic E-state index is 4.70. The third kappa shape index (κ3) is 4.32. The topological polar surface area (TPSA) is 17.3 Å². The van der Waals surface area contributed by atoms with Crippen LogP contribution in [0.4, 0.5) is 5.13 Å². The summed E-state index contributed by atoms with van der Waals surface area (Å²) in [4.78, 5) is 6.32. The van der Waals surface area contributed by atoms with Gasteiger partial charge < -0.3 is 28.5 Å². The molecule has 1 aromatic carbocycles. The van der Waals surface area contributed by atoms with E-state index in [2.05, 4.69) is 43.7 Å². The highest BCUT2D eigenvalue weighted by Crippen LogP contribution is 2.25.